The molecule has 26 heavy (non-hydrogen) atoms. The molecule has 0 aliphatic carbocycles. The molecule has 3 aliphatic heterocycles. The first-order chi connectivity index (χ1) is 12.3. The maximum atomic E-state index is 5.68. The van der Waals surface area contributed by atoms with Crippen LogP contribution in [0.25, 0.3) is 0 Å². The lowest BCUT2D eigenvalue weighted by Crippen LogP contribution is -2.54. The van der Waals surface area contributed by atoms with Crippen molar-refractivity contribution < 1.29 is 4.74 Å². The second kappa shape index (κ2) is 11.3. The van der Waals surface area contributed by atoms with Crippen LogP contribution in [0.4, 0.5) is 0 Å². The van der Waals surface area contributed by atoms with Crippen LogP contribution < -0.4 is 5.32 Å². The predicted molar refractivity (Wildman–Crippen MR) is 123 cm³/mol. The summed E-state index contributed by atoms with van der Waals surface area (Å²) in [4.78, 5) is 10.4. The number of halogens is 1. The Labute approximate surface area is 181 Å². The summed E-state index contributed by atoms with van der Waals surface area (Å²) in [7, 11) is 0. The molecule has 152 valence electrons. The van der Waals surface area contributed by atoms with Gasteiger partial charge in [-0.25, -0.2) is 0 Å². The summed E-state index contributed by atoms with van der Waals surface area (Å²) in [5.74, 6) is 2.35. The van der Waals surface area contributed by atoms with Crippen molar-refractivity contribution in [2.75, 3.05) is 58.2 Å². The van der Waals surface area contributed by atoms with E-state index in [4.69, 9.17) is 9.73 Å². The molecule has 3 saturated heterocycles. The van der Waals surface area contributed by atoms with Crippen molar-refractivity contribution in [3.05, 3.63) is 0 Å². The van der Waals surface area contributed by atoms with Crippen LogP contribution in [0.15, 0.2) is 4.99 Å². The van der Waals surface area contributed by atoms with Crippen molar-refractivity contribution in [3.8, 4) is 0 Å². The molecule has 3 heterocycles. The summed E-state index contributed by atoms with van der Waals surface area (Å²) in [5, 5.41) is 4.30. The van der Waals surface area contributed by atoms with Crippen molar-refractivity contribution in [1.82, 2.24) is 15.1 Å². The Balaban J connectivity index is 0.00000243. The Morgan fingerprint density at radius 1 is 1.19 bits per heavy atom. The number of ether oxygens (including phenoxy) is 1. The Kier molecular flexibility index (Phi) is 9.82. The smallest absolute Gasteiger partial charge is 0.194 e. The number of rotatable bonds is 5. The SMILES string of the molecule is CCNC(=NCC1(N2CCCC2)CCOCC1)N1CCSC(CC)C1.I. The third-order valence-corrected chi connectivity index (χ3v) is 7.32. The van der Waals surface area contributed by atoms with Crippen molar-refractivity contribution in [3.63, 3.8) is 0 Å². The van der Waals surface area contributed by atoms with Gasteiger partial charge in [-0.15, -0.1) is 24.0 Å². The minimum atomic E-state index is 0. The number of nitrogens with zero attached hydrogens (tertiary/aromatic N) is 3. The van der Waals surface area contributed by atoms with Crippen LogP contribution in [-0.2, 0) is 4.74 Å². The maximum absolute atomic E-state index is 5.68. The molecule has 7 heteroatoms. The van der Waals surface area contributed by atoms with Crippen molar-refractivity contribution in [1.29, 1.82) is 0 Å². The molecule has 0 aromatic heterocycles. The van der Waals surface area contributed by atoms with Gasteiger partial charge in [0.1, 0.15) is 0 Å². The fraction of sp³-hybridized carbons (Fsp3) is 0.947. The van der Waals surface area contributed by atoms with E-state index in [1.54, 1.807) is 0 Å². The summed E-state index contributed by atoms with van der Waals surface area (Å²) in [6, 6.07) is 0. The highest BCUT2D eigenvalue weighted by Gasteiger charge is 2.39. The van der Waals surface area contributed by atoms with Crippen LogP contribution in [0, 0.1) is 0 Å². The second-order valence-electron chi connectivity index (χ2n) is 7.55. The Bertz CT molecular complexity index is 439. The van der Waals surface area contributed by atoms with E-state index >= 15 is 0 Å². The number of guanidine groups is 1. The van der Waals surface area contributed by atoms with E-state index in [1.807, 2.05) is 0 Å². The van der Waals surface area contributed by atoms with Gasteiger partial charge >= 0.3 is 0 Å². The molecule has 0 aromatic rings. The summed E-state index contributed by atoms with van der Waals surface area (Å²) in [5.41, 5.74) is 0.226. The van der Waals surface area contributed by atoms with Gasteiger partial charge < -0.3 is 15.0 Å². The number of nitrogens with one attached hydrogen (secondary N) is 1. The molecular weight excluding hydrogens is 459 g/mol. The van der Waals surface area contributed by atoms with E-state index in [0.29, 0.717) is 0 Å². The summed E-state index contributed by atoms with van der Waals surface area (Å²) < 4.78 is 5.68. The second-order valence-corrected chi connectivity index (χ2v) is 8.96. The van der Waals surface area contributed by atoms with Crippen LogP contribution in [0.2, 0.25) is 0 Å². The van der Waals surface area contributed by atoms with E-state index in [-0.39, 0.29) is 29.5 Å². The lowest BCUT2D eigenvalue weighted by molar-refractivity contribution is -0.0139. The zero-order valence-corrected chi connectivity index (χ0v) is 19.7. The maximum Gasteiger partial charge on any atom is 0.194 e. The zero-order chi connectivity index (χ0) is 17.5. The van der Waals surface area contributed by atoms with Crippen LogP contribution in [0.1, 0.15) is 46.0 Å². The fourth-order valence-corrected chi connectivity index (χ4v) is 5.50. The molecular formula is C19H37IN4OS. The van der Waals surface area contributed by atoms with E-state index in [2.05, 4.69) is 40.7 Å². The van der Waals surface area contributed by atoms with E-state index in [1.165, 1.54) is 38.1 Å². The first-order valence-electron chi connectivity index (χ1n) is 10.2. The number of hydrogen-bond donors (Lipinski definition) is 1. The molecule has 3 fully saturated rings. The fourth-order valence-electron chi connectivity index (χ4n) is 4.32. The average molecular weight is 497 g/mol. The van der Waals surface area contributed by atoms with Gasteiger partial charge in [0, 0.05) is 49.4 Å². The van der Waals surface area contributed by atoms with Gasteiger partial charge in [0.2, 0.25) is 0 Å². The molecule has 3 rings (SSSR count). The molecule has 0 spiro atoms. The van der Waals surface area contributed by atoms with Gasteiger partial charge in [0.25, 0.3) is 0 Å². The summed E-state index contributed by atoms with van der Waals surface area (Å²) in [6.07, 6.45) is 6.18. The largest absolute Gasteiger partial charge is 0.381 e. The molecule has 1 N–H and O–H groups in total. The third kappa shape index (κ3) is 5.64. The van der Waals surface area contributed by atoms with Crippen molar-refractivity contribution in [2.24, 2.45) is 4.99 Å². The Morgan fingerprint density at radius 3 is 2.58 bits per heavy atom. The molecule has 3 aliphatic rings. The molecule has 1 atom stereocenters. The first kappa shape index (κ1) is 22.6. The van der Waals surface area contributed by atoms with Gasteiger partial charge in [0.05, 0.1) is 6.54 Å². The normalized spacial score (nSPS) is 27.2. The van der Waals surface area contributed by atoms with Crippen molar-refractivity contribution in [2.45, 2.75) is 56.7 Å². The highest BCUT2D eigenvalue weighted by Crippen LogP contribution is 2.32. The minimum Gasteiger partial charge on any atom is -0.381 e. The number of aliphatic imine (C=N–C) groups is 1. The first-order valence-corrected chi connectivity index (χ1v) is 11.3. The lowest BCUT2D eigenvalue weighted by atomic mass is 9.88. The van der Waals surface area contributed by atoms with Gasteiger partial charge in [-0.05, 0) is 52.1 Å². The molecule has 0 radical (unpaired) electrons. The standard InChI is InChI=1S/C19H36N4OS.HI/c1-3-17-15-22(11-14-25-17)18(20-4-2)21-16-19(7-12-24-13-8-19)23-9-5-6-10-23;/h17H,3-16H2,1-2H3,(H,20,21);1H. The number of hydrogen-bond acceptors (Lipinski definition) is 4. The van der Waals surface area contributed by atoms with Crippen molar-refractivity contribution >= 4 is 41.7 Å². The summed E-state index contributed by atoms with van der Waals surface area (Å²) in [6.45, 7) is 12.8. The van der Waals surface area contributed by atoms with Crippen LogP contribution >= 0.6 is 35.7 Å². The van der Waals surface area contributed by atoms with E-state index in [0.717, 1.165) is 63.4 Å². The van der Waals surface area contributed by atoms with E-state index in [9.17, 15) is 0 Å². The molecule has 5 nitrogen and oxygen atoms in total. The summed E-state index contributed by atoms with van der Waals surface area (Å²) >= 11 is 2.12. The average Bonchev–Trinajstić information content (AvgIpc) is 3.21. The quantitative estimate of drug-likeness (QED) is 0.360. The molecule has 0 bridgehead atoms. The van der Waals surface area contributed by atoms with Gasteiger partial charge in [-0.2, -0.15) is 11.8 Å². The van der Waals surface area contributed by atoms with Crippen LogP contribution in [-0.4, -0.2) is 84.8 Å². The monoisotopic (exact) mass is 496 g/mol. The molecule has 0 amide bonds. The number of likely N-dealkylation sites (tertiary alicyclic amines) is 1. The molecule has 1 unspecified atom stereocenters. The zero-order valence-electron chi connectivity index (χ0n) is 16.5. The topological polar surface area (TPSA) is 40.1 Å². The highest BCUT2D eigenvalue weighted by molar-refractivity contribution is 14.0. The lowest BCUT2D eigenvalue weighted by Gasteiger charge is -2.44. The minimum absolute atomic E-state index is 0. The number of thioether (sulfide) groups is 1. The Hall–Kier alpha value is 0.270. The predicted octanol–water partition coefficient (Wildman–Crippen LogP) is 3.04. The third-order valence-electron chi connectivity index (χ3n) is 5.95. The Morgan fingerprint density at radius 2 is 1.92 bits per heavy atom. The highest BCUT2D eigenvalue weighted by atomic mass is 127. The molecule has 0 aromatic carbocycles. The van der Waals surface area contributed by atoms with Crippen LogP contribution in [0.5, 0.6) is 0 Å². The van der Waals surface area contributed by atoms with Gasteiger partial charge in [0.15, 0.2) is 5.96 Å². The van der Waals surface area contributed by atoms with Gasteiger partial charge in [-0.1, -0.05) is 6.92 Å². The van der Waals surface area contributed by atoms with Crippen LogP contribution in [0.3, 0.4) is 0 Å². The van der Waals surface area contributed by atoms with E-state index < -0.39 is 0 Å². The van der Waals surface area contributed by atoms with Gasteiger partial charge in [-0.3, -0.25) is 9.89 Å². The molecule has 0 saturated carbocycles.